The number of carboxylic acid groups (broad SMARTS) is 2. The van der Waals surface area contributed by atoms with Crippen LogP contribution in [0.15, 0.2) is 11.6 Å². The summed E-state index contributed by atoms with van der Waals surface area (Å²) in [5.74, 6) is 1.63. The SMILES string of the molecule is CC(C)CCC[C@H](C)[C@H]1CC[C@H]2[C@H]3C=C(C(=O)O)[C@@](C)(CCC(=O)O)[C@@H]3CC[C@]12C. The van der Waals surface area contributed by atoms with E-state index in [4.69, 9.17) is 0 Å². The number of carboxylic acids is 2. The number of aliphatic carboxylic acids is 2. The van der Waals surface area contributed by atoms with Crippen LogP contribution in [-0.4, -0.2) is 22.2 Å². The predicted octanol–water partition coefficient (Wildman–Crippen LogP) is 6.40. The van der Waals surface area contributed by atoms with Crippen molar-refractivity contribution in [3.05, 3.63) is 11.6 Å². The monoisotopic (exact) mass is 418 g/mol. The third-order valence-electron chi connectivity index (χ3n) is 9.42. The van der Waals surface area contributed by atoms with Crippen molar-refractivity contribution in [3.8, 4) is 0 Å². The molecule has 30 heavy (non-hydrogen) atoms. The normalized spacial score (nSPS) is 38.8. The molecule has 0 unspecified atom stereocenters. The van der Waals surface area contributed by atoms with Crippen LogP contribution in [0.5, 0.6) is 0 Å². The maximum atomic E-state index is 12.1. The molecule has 2 fully saturated rings. The van der Waals surface area contributed by atoms with Crippen LogP contribution in [-0.2, 0) is 9.59 Å². The van der Waals surface area contributed by atoms with Gasteiger partial charge in [-0.15, -0.1) is 0 Å². The van der Waals surface area contributed by atoms with Crippen LogP contribution in [0.4, 0.5) is 0 Å². The number of fused-ring (bicyclic) bond motifs is 3. The highest BCUT2D eigenvalue weighted by atomic mass is 16.4. The first-order valence-corrected chi connectivity index (χ1v) is 12.2. The first kappa shape index (κ1) is 23.3. The zero-order valence-electron chi connectivity index (χ0n) is 19.6. The molecule has 170 valence electrons. The summed E-state index contributed by atoms with van der Waals surface area (Å²) in [7, 11) is 0. The minimum Gasteiger partial charge on any atom is -0.481 e. The zero-order valence-corrected chi connectivity index (χ0v) is 19.6. The molecule has 3 rings (SSSR count). The Bertz CT molecular complexity index is 695. The van der Waals surface area contributed by atoms with Crippen LogP contribution in [0.25, 0.3) is 0 Å². The van der Waals surface area contributed by atoms with E-state index in [2.05, 4.69) is 33.8 Å². The molecule has 3 aliphatic rings. The van der Waals surface area contributed by atoms with E-state index in [0.717, 1.165) is 30.6 Å². The summed E-state index contributed by atoms with van der Waals surface area (Å²) < 4.78 is 0. The molecule has 0 aromatic heterocycles. The first-order chi connectivity index (χ1) is 14.0. The van der Waals surface area contributed by atoms with E-state index in [-0.39, 0.29) is 17.8 Å². The van der Waals surface area contributed by atoms with E-state index in [0.29, 0.717) is 23.8 Å². The summed E-state index contributed by atoms with van der Waals surface area (Å²) >= 11 is 0. The highest BCUT2D eigenvalue weighted by Gasteiger charge is 2.60. The number of hydrogen-bond acceptors (Lipinski definition) is 2. The predicted molar refractivity (Wildman–Crippen MR) is 119 cm³/mol. The highest BCUT2D eigenvalue weighted by Crippen LogP contribution is 2.67. The second kappa shape index (κ2) is 8.67. The average molecular weight is 419 g/mol. The van der Waals surface area contributed by atoms with E-state index in [1.54, 1.807) is 0 Å². The van der Waals surface area contributed by atoms with Gasteiger partial charge >= 0.3 is 11.9 Å². The molecular formula is C26H42O4. The zero-order chi connectivity index (χ0) is 22.3. The molecule has 0 aromatic carbocycles. The molecule has 0 radical (unpaired) electrons. The van der Waals surface area contributed by atoms with Crippen molar-refractivity contribution in [2.75, 3.05) is 0 Å². The molecule has 2 N–H and O–H groups in total. The number of rotatable bonds is 9. The van der Waals surface area contributed by atoms with Gasteiger partial charge in [0.2, 0.25) is 0 Å². The van der Waals surface area contributed by atoms with Gasteiger partial charge in [-0.2, -0.15) is 0 Å². The summed E-state index contributed by atoms with van der Waals surface area (Å²) in [6.45, 7) is 11.5. The minimum absolute atomic E-state index is 0.0434. The lowest BCUT2D eigenvalue weighted by atomic mass is 9.53. The quantitative estimate of drug-likeness (QED) is 0.454. The van der Waals surface area contributed by atoms with Gasteiger partial charge < -0.3 is 10.2 Å². The molecule has 4 heteroatoms. The lowest BCUT2D eigenvalue weighted by Gasteiger charge is -2.51. The summed E-state index contributed by atoms with van der Waals surface area (Å²) in [6.07, 6.45) is 11.1. The molecule has 0 aliphatic heterocycles. The second-order valence-electron chi connectivity index (χ2n) is 11.5. The summed E-state index contributed by atoms with van der Waals surface area (Å²) in [5.41, 5.74) is 0.254. The Morgan fingerprint density at radius 3 is 2.37 bits per heavy atom. The van der Waals surface area contributed by atoms with Crippen LogP contribution >= 0.6 is 0 Å². The van der Waals surface area contributed by atoms with Crippen LogP contribution in [0.3, 0.4) is 0 Å². The second-order valence-corrected chi connectivity index (χ2v) is 11.5. The van der Waals surface area contributed by atoms with Crippen molar-refractivity contribution in [2.45, 2.75) is 92.4 Å². The fourth-order valence-electron chi connectivity index (χ4n) is 7.78. The van der Waals surface area contributed by atoms with Crippen molar-refractivity contribution >= 4 is 11.9 Å². The van der Waals surface area contributed by atoms with Crippen molar-refractivity contribution < 1.29 is 19.8 Å². The standard InChI is InChI=1S/C26H42O4/c1-16(2)7-6-8-17(3)19-9-10-20-18-15-22(24(29)30)26(5,14-12-23(27)28)21(18)11-13-25(19,20)4/h15-21H,6-14H2,1-5H3,(H,27,28)(H,29,30)/t17-,18+,19+,20-,21+,25+,26-/m0/s1. The largest absolute Gasteiger partial charge is 0.481 e. The van der Waals surface area contributed by atoms with Gasteiger partial charge in [0.15, 0.2) is 0 Å². The molecule has 0 saturated heterocycles. The molecular weight excluding hydrogens is 376 g/mol. The van der Waals surface area contributed by atoms with E-state index in [9.17, 15) is 19.8 Å². The topological polar surface area (TPSA) is 74.6 Å². The van der Waals surface area contributed by atoms with Gasteiger partial charge in [0.1, 0.15) is 0 Å². The van der Waals surface area contributed by atoms with E-state index in [1.165, 1.54) is 32.1 Å². The Morgan fingerprint density at radius 2 is 1.77 bits per heavy atom. The first-order valence-electron chi connectivity index (χ1n) is 12.2. The summed E-state index contributed by atoms with van der Waals surface area (Å²) in [5, 5.41) is 19.2. The van der Waals surface area contributed by atoms with Crippen LogP contribution < -0.4 is 0 Å². The Labute approximate surface area is 182 Å². The van der Waals surface area contributed by atoms with Crippen LogP contribution in [0.1, 0.15) is 92.4 Å². The fraction of sp³-hybridized carbons (Fsp3) is 0.846. The van der Waals surface area contributed by atoms with Crippen molar-refractivity contribution in [3.63, 3.8) is 0 Å². The smallest absolute Gasteiger partial charge is 0.331 e. The Morgan fingerprint density at radius 1 is 1.07 bits per heavy atom. The Kier molecular flexibility index (Phi) is 6.74. The van der Waals surface area contributed by atoms with Crippen LogP contribution in [0.2, 0.25) is 0 Å². The summed E-state index contributed by atoms with van der Waals surface area (Å²) in [6, 6.07) is 0. The third kappa shape index (κ3) is 4.08. The van der Waals surface area contributed by atoms with Crippen molar-refractivity contribution in [2.24, 2.45) is 46.3 Å². The molecule has 0 amide bonds. The lowest BCUT2D eigenvalue weighted by Crippen LogP contribution is -2.44. The van der Waals surface area contributed by atoms with E-state index < -0.39 is 17.4 Å². The Balaban J connectivity index is 1.79. The fourth-order valence-corrected chi connectivity index (χ4v) is 7.78. The van der Waals surface area contributed by atoms with Gasteiger partial charge in [0.05, 0.1) is 0 Å². The summed E-state index contributed by atoms with van der Waals surface area (Å²) in [4.78, 5) is 23.4. The average Bonchev–Trinajstić information content (AvgIpc) is 3.14. The van der Waals surface area contributed by atoms with Gasteiger partial charge in [-0.05, 0) is 73.0 Å². The van der Waals surface area contributed by atoms with Gasteiger partial charge in [0.25, 0.3) is 0 Å². The molecule has 0 aromatic rings. The molecule has 3 aliphatic carbocycles. The molecule has 0 heterocycles. The van der Waals surface area contributed by atoms with Crippen molar-refractivity contribution in [1.29, 1.82) is 0 Å². The molecule has 7 atom stereocenters. The van der Waals surface area contributed by atoms with E-state index >= 15 is 0 Å². The molecule has 0 spiro atoms. The molecule has 4 nitrogen and oxygen atoms in total. The molecule has 2 saturated carbocycles. The van der Waals surface area contributed by atoms with Crippen molar-refractivity contribution in [1.82, 2.24) is 0 Å². The maximum Gasteiger partial charge on any atom is 0.331 e. The third-order valence-corrected chi connectivity index (χ3v) is 9.42. The maximum absolute atomic E-state index is 12.1. The van der Waals surface area contributed by atoms with Gasteiger partial charge in [0, 0.05) is 17.4 Å². The number of carbonyl (C=O) groups is 2. The number of allylic oxidation sites excluding steroid dienone is 1. The minimum atomic E-state index is -0.851. The molecule has 0 bridgehead atoms. The van der Waals surface area contributed by atoms with Gasteiger partial charge in [-0.1, -0.05) is 60.0 Å². The lowest BCUT2D eigenvalue weighted by molar-refractivity contribution is -0.139. The van der Waals surface area contributed by atoms with Gasteiger partial charge in [-0.3, -0.25) is 4.79 Å². The van der Waals surface area contributed by atoms with Gasteiger partial charge in [-0.25, -0.2) is 4.79 Å². The van der Waals surface area contributed by atoms with E-state index in [1.807, 2.05) is 6.92 Å². The number of hydrogen-bond donors (Lipinski definition) is 2. The highest BCUT2D eigenvalue weighted by molar-refractivity contribution is 5.89. The Hall–Kier alpha value is -1.32. The van der Waals surface area contributed by atoms with Crippen LogP contribution in [0, 0.1) is 46.3 Å².